The van der Waals surface area contributed by atoms with E-state index in [0.29, 0.717) is 25.9 Å². The van der Waals surface area contributed by atoms with Gasteiger partial charge in [0.2, 0.25) is 11.0 Å². The van der Waals surface area contributed by atoms with Crippen LogP contribution in [0.1, 0.15) is 0 Å². The number of thioether (sulfide) groups is 1. The van der Waals surface area contributed by atoms with Crippen molar-refractivity contribution in [1.29, 1.82) is 0 Å². The second-order valence-electron chi connectivity index (χ2n) is 5.51. The van der Waals surface area contributed by atoms with Crippen molar-refractivity contribution >= 4 is 57.3 Å². The Morgan fingerprint density at radius 2 is 1.90 bits per heavy atom. The number of nitrogens with zero attached hydrogens (tertiary/aromatic N) is 2. The maximum atomic E-state index is 13.1. The van der Waals surface area contributed by atoms with E-state index < -0.39 is 11.7 Å². The number of nitrogens with one attached hydrogen (secondary N) is 2. The number of rotatable bonds is 8. The Balaban J connectivity index is 1.42. The van der Waals surface area contributed by atoms with E-state index in [1.165, 1.54) is 18.2 Å². The molecule has 0 aliphatic heterocycles. The van der Waals surface area contributed by atoms with E-state index >= 15 is 0 Å². The van der Waals surface area contributed by atoms with Crippen LogP contribution < -0.4 is 15.4 Å². The van der Waals surface area contributed by atoms with E-state index in [1.807, 2.05) is 0 Å². The predicted octanol–water partition coefficient (Wildman–Crippen LogP) is 4.08. The van der Waals surface area contributed by atoms with Gasteiger partial charge in [-0.2, -0.15) is 0 Å². The highest BCUT2D eigenvalue weighted by molar-refractivity contribution is 8.01. The maximum absolute atomic E-state index is 13.1. The van der Waals surface area contributed by atoms with Gasteiger partial charge in [-0.05, 0) is 42.5 Å². The summed E-state index contributed by atoms with van der Waals surface area (Å²) in [6, 6.07) is 12.3. The number of aromatic nitrogens is 2. The van der Waals surface area contributed by atoms with Crippen LogP contribution in [-0.4, -0.2) is 34.4 Å². The fraction of sp³-hybridized carbons (Fsp3) is 0.111. The molecule has 0 aliphatic carbocycles. The van der Waals surface area contributed by atoms with Gasteiger partial charge in [0.05, 0.1) is 5.75 Å². The molecule has 3 rings (SSSR count). The molecule has 0 spiro atoms. The summed E-state index contributed by atoms with van der Waals surface area (Å²) in [5, 5.41) is 13.8. The van der Waals surface area contributed by atoms with Crippen molar-refractivity contribution < 1.29 is 18.7 Å². The van der Waals surface area contributed by atoms with Gasteiger partial charge in [-0.1, -0.05) is 40.8 Å². The molecule has 2 amide bonds. The van der Waals surface area contributed by atoms with Crippen LogP contribution in [0.25, 0.3) is 0 Å². The van der Waals surface area contributed by atoms with Crippen LogP contribution in [0.15, 0.2) is 52.9 Å². The lowest BCUT2D eigenvalue weighted by atomic mass is 10.3. The van der Waals surface area contributed by atoms with E-state index in [2.05, 4.69) is 20.8 Å². The van der Waals surface area contributed by atoms with Gasteiger partial charge in [-0.25, -0.2) is 4.39 Å². The standard InChI is InChI=1S/C18H14ClFN4O3S2/c19-11-4-6-14(7-5-11)27-9-15(25)22-17-23-24-18(29-17)28-10-16(26)21-13-3-1-2-12(20)8-13/h1-8H,9-10H2,(H,21,26)(H,22,23,25). The fourth-order valence-electron chi connectivity index (χ4n) is 2.04. The van der Waals surface area contributed by atoms with Crippen LogP contribution in [0.2, 0.25) is 5.02 Å². The van der Waals surface area contributed by atoms with Crippen LogP contribution in [0.4, 0.5) is 15.2 Å². The van der Waals surface area contributed by atoms with Crippen molar-refractivity contribution in [3.8, 4) is 5.75 Å². The third kappa shape index (κ3) is 7.00. The number of ether oxygens (including phenoxy) is 1. The fourth-order valence-corrected chi connectivity index (χ4v) is 3.74. The molecule has 2 N–H and O–H groups in total. The van der Waals surface area contributed by atoms with Crippen LogP contribution >= 0.6 is 34.7 Å². The second kappa shape index (κ2) is 10.2. The first-order chi connectivity index (χ1) is 14.0. The summed E-state index contributed by atoms with van der Waals surface area (Å²) >= 11 is 8.07. The molecular weight excluding hydrogens is 439 g/mol. The largest absolute Gasteiger partial charge is 0.484 e. The zero-order valence-electron chi connectivity index (χ0n) is 14.7. The molecule has 11 heteroatoms. The SMILES string of the molecule is O=C(CSc1nnc(NC(=O)COc2ccc(Cl)cc2)s1)Nc1cccc(F)c1. The van der Waals surface area contributed by atoms with Gasteiger partial charge in [0, 0.05) is 10.7 Å². The number of carbonyl (C=O) groups excluding carboxylic acids is 2. The average Bonchev–Trinajstić information content (AvgIpc) is 3.13. The normalized spacial score (nSPS) is 10.4. The van der Waals surface area contributed by atoms with Crippen molar-refractivity contribution in [2.75, 3.05) is 23.0 Å². The van der Waals surface area contributed by atoms with Gasteiger partial charge >= 0.3 is 0 Å². The number of benzene rings is 2. The smallest absolute Gasteiger partial charge is 0.264 e. The summed E-state index contributed by atoms with van der Waals surface area (Å²) in [5.74, 6) is -0.546. The molecule has 0 fully saturated rings. The molecule has 1 aromatic heterocycles. The number of amides is 2. The van der Waals surface area contributed by atoms with Gasteiger partial charge in [-0.15, -0.1) is 10.2 Å². The lowest BCUT2D eigenvalue weighted by molar-refractivity contribution is -0.118. The molecule has 0 unspecified atom stereocenters. The maximum Gasteiger partial charge on any atom is 0.264 e. The first-order valence-corrected chi connectivity index (χ1v) is 10.4. The van der Waals surface area contributed by atoms with Crippen LogP contribution in [0.5, 0.6) is 5.75 Å². The van der Waals surface area contributed by atoms with Gasteiger partial charge in [0.1, 0.15) is 11.6 Å². The van der Waals surface area contributed by atoms with E-state index in [4.69, 9.17) is 16.3 Å². The summed E-state index contributed by atoms with van der Waals surface area (Å²) < 4.78 is 19.0. The Labute approximate surface area is 178 Å². The van der Waals surface area contributed by atoms with E-state index in [0.717, 1.165) is 23.1 Å². The van der Waals surface area contributed by atoms with Crippen LogP contribution in [0, 0.1) is 5.82 Å². The first-order valence-electron chi connectivity index (χ1n) is 8.18. The van der Waals surface area contributed by atoms with Crippen molar-refractivity contribution in [2.24, 2.45) is 0 Å². The summed E-state index contributed by atoms with van der Waals surface area (Å²) in [6.45, 7) is -0.195. The summed E-state index contributed by atoms with van der Waals surface area (Å²) in [4.78, 5) is 23.9. The molecule has 1 heterocycles. The quantitative estimate of drug-likeness (QED) is 0.395. The Bertz CT molecular complexity index is 1000. The lowest BCUT2D eigenvalue weighted by Crippen LogP contribution is -2.20. The minimum absolute atomic E-state index is 0.0682. The second-order valence-corrected chi connectivity index (χ2v) is 8.15. The molecule has 2 aromatic carbocycles. The summed E-state index contributed by atoms with van der Waals surface area (Å²) in [6.07, 6.45) is 0. The molecular formula is C18H14ClFN4O3S2. The Hall–Kier alpha value is -2.69. The Morgan fingerprint density at radius 3 is 2.66 bits per heavy atom. The van der Waals surface area contributed by atoms with Crippen LogP contribution in [-0.2, 0) is 9.59 Å². The molecule has 0 saturated heterocycles. The Morgan fingerprint density at radius 1 is 1.10 bits per heavy atom. The molecule has 0 atom stereocenters. The first kappa shape index (κ1) is 21.0. The molecule has 29 heavy (non-hydrogen) atoms. The van der Waals surface area contributed by atoms with Gasteiger partial charge in [0.25, 0.3) is 5.91 Å². The number of carbonyl (C=O) groups is 2. The van der Waals surface area contributed by atoms with Crippen molar-refractivity contribution in [3.05, 3.63) is 59.4 Å². The zero-order chi connectivity index (χ0) is 20.6. The summed E-state index contributed by atoms with van der Waals surface area (Å²) in [5.41, 5.74) is 0.376. The molecule has 3 aromatic rings. The third-order valence-electron chi connectivity index (χ3n) is 3.27. The van der Waals surface area contributed by atoms with E-state index in [-0.39, 0.29) is 18.3 Å². The predicted molar refractivity (Wildman–Crippen MR) is 111 cm³/mol. The number of anilines is 2. The molecule has 0 aliphatic rings. The zero-order valence-corrected chi connectivity index (χ0v) is 17.1. The van der Waals surface area contributed by atoms with E-state index in [1.54, 1.807) is 30.3 Å². The van der Waals surface area contributed by atoms with E-state index in [9.17, 15) is 14.0 Å². The molecule has 0 radical (unpaired) electrons. The van der Waals surface area contributed by atoms with Crippen LogP contribution in [0.3, 0.4) is 0 Å². The van der Waals surface area contributed by atoms with Gasteiger partial charge in [0.15, 0.2) is 10.9 Å². The number of halogens is 2. The highest BCUT2D eigenvalue weighted by Gasteiger charge is 2.11. The molecule has 150 valence electrons. The highest BCUT2D eigenvalue weighted by atomic mass is 35.5. The van der Waals surface area contributed by atoms with Crippen molar-refractivity contribution in [3.63, 3.8) is 0 Å². The van der Waals surface area contributed by atoms with Crippen molar-refractivity contribution in [1.82, 2.24) is 10.2 Å². The third-order valence-corrected chi connectivity index (χ3v) is 5.50. The number of hydrogen-bond acceptors (Lipinski definition) is 7. The Kier molecular flexibility index (Phi) is 7.39. The average molecular weight is 453 g/mol. The van der Waals surface area contributed by atoms with Gasteiger partial charge < -0.3 is 10.1 Å². The highest BCUT2D eigenvalue weighted by Crippen LogP contribution is 2.25. The minimum atomic E-state index is -0.431. The molecule has 0 saturated carbocycles. The monoisotopic (exact) mass is 452 g/mol. The molecule has 7 nitrogen and oxygen atoms in total. The van der Waals surface area contributed by atoms with Gasteiger partial charge in [-0.3, -0.25) is 14.9 Å². The lowest BCUT2D eigenvalue weighted by Gasteiger charge is -2.05. The minimum Gasteiger partial charge on any atom is -0.484 e. The molecule has 0 bridgehead atoms. The number of hydrogen-bond donors (Lipinski definition) is 2. The topological polar surface area (TPSA) is 93.2 Å². The summed E-state index contributed by atoms with van der Waals surface area (Å²) in [7, 11) is 0. The van der Waals surface area contributed by atoms with Crippen molar-refractivity contribution in [2.45, 2.75) is 4.34 Å².